The van der Waals surface area contributed by atoms with E-state index in [1.807, 2.05) is 12.1 Å². The van der Waals surface area contributed by atoms with Gasteiger partial charge in [-0.3, -0.25) is 0 Å². The molecule has 1 saturated heterocycles. The zero-order chi connectivity index (χ0) is 12.3. The number of nitrogens with one attached hydrogen (secondary N) is 1. The van der Waals surface area contributed by atoms with Crippen molar-refractivity contribution in [3.05, 3.63) is 23.3 Å². The molecule has 94 valence electrons. The van der Waals surface area contributed by atoms with Gasteiger partial charge in [0.1, 0.15) is 0 Å². The Bertz CT molecular complexity index is 387. The summed E-state index contributed by atoms with van der Waals surface area (Å²) in [5.74, 6) is 0.0583. The van der Waals surface area contributed by atoms with Crippen LogP contribution in [0, 0.1) is 6.92 Å². The quantitative estimate of drug-likeness (QED) is 0.681. The summed E-state index contributed by atoms with van der Waals surface area (Å²) in [7, 11) is 0. The van der Waals surface area contributed by atoms with Gasteiger partial charge in [0.05, 0.1) is 0 Å². The van der Waals surface area contributed by atoms with E-state index in [1.54, 1.807) is 6.92 Å². The molecular weight excluding hydrogens is 216 g/mol. The predicted octanol–water partition coefficient (Wildman–Crippen LogP) is 0.854. The number of hydrogen-bond acceptors (Lipinski definition) is 4. The third-order valence-corrected chi connectivity index (χ3v) is 3.34. The first-order valence-electron chi connectivity index (χ1n) is 6.12. The van der Waals surface area contributed by atoms with Gasteiger partial charge in [-0.15, -0.1) is 0 Å². The van der Waals surface area contributed by atoms with E-state index >= 15 is 0 Å². The Hall–Kier alpha value is -1.26. The maximum absolute atomic E-state index is 9.83. The molecule has 1 aromatic rings. The molecule has 0 unspecified atom stereocenters. The minimum absolute atomic E-state index is 0.0165. The number of rotatable bonds is 3. The van der Waals surface area contributed by atoms with Gasteiger partial charge in [-0.05, 0) is 24.5 Å². The number of hydrogen-bond donors (Lipinski definition) is 3. The maximum Gasteiger partial charge on any atom is 0.161 e. The maximum atomic E-state index is 9.83. The van der Waals surface area contributed by atoms with Gasteiger partial charge < -0.3 is 20.4 Å². The second kappa shape index (κ2) is 5.38. The Balaban J connectivity index is 1.96. The average Bonchev–Trinajstić information content (AvgIpc) is 2.36. The lowest BCUT2D eigenvalue weighted by Crippen LogP contribution is -2.44. The minimum Gasteiger partial charge on any atom is -0.504 e. The first-order valence-corrected chi connectivity index (χ1v) is 6.12. The molecule has 1 aliphatic heterocycles. The second-order valence-corrected chi connectivity index (χ2v) is 4.58. The molecule has 0 aliphatic carbocycles. The fourth-order valence-electron chi connectivity index (χ4n) is 2.14. The van der Waals surface area contributed by atoms with Crippen LogP contribution in [0.15, 0.2) is 12.1 Å². The fourth-order valence-corrected chi connectivity index (χ4v) is 2.14. The van der Waals surface area contributed by atoms with E-state index in [9.17, 15) is 10.2 Å². The van der Waals surface area contributed by atoms with Crippen molar-refractivity contribution < 1.29 is 10.2 Å². The summed E-state index contributed by atoms with van der Waals surface area (Å²) >= 11 is 0. The van der Waals surface area contributed by atoms with Crippen molar-refractivity contribution in [2.24, 2.45) is 0 Å². The van der Waals surface area contributed by atoms with Crippen molar-refractivity contribution >= 4 is 0 Å². The van der Waals surface area contributed by atoms with Crippen molar-refractivity contribution in [3.8, 4) is 11.5 Å². The smallest absolute Gasteiger partial charge is 0.161 e. The molecule has 0 radical (unpaired) electrons. The van der Waals surface area contributed by atoms with Crippen LogP contribution in [0.5, 0.6) is 11.5 Å². The summed E-state index contributed by atoms with van der Waals surface area (Å²) in [4.78, 5) is 2.37. The van der Waals surface area contributed by atoms with E-state index in [-0.39, 0.29) is 11.5 Å². The second-order valence-electron chi connectivity index (χ2n) is 4.58. The van der Waals surface area contributed by atoms with Gasteiger partial charge in [0.25, 0.3) is 0 Å². The summed E-state index contributed by atoms with van der Waals surface area (Å²) in [5.41, 5.74) is 1.54. The van der Waals surface area contributed by atoms with Crippen LogP contribution < -0.4 is 5.32 Å². The highest BCUT2D eigenvalue weighted by atomic mass is 16.3. The van der Waals surface area contributed by atoms with Crippen LogP contribution in [-0.4, -0.2) is 47.8 Å². The summed E-state index contributed by atoms with van der Waals surface area (Å²) in [6.45, 7) is 6.89. The number of benzene rings is 1. The Labute approximate surface area is 102 Å². The van der Waals surface area contributed by atoms with Crippen molar-refractivity contribution in [2.45, 2.75) is 13.3 Å². The van der Waals surface area contributed by atoms with Gasteiger partial charge in [0.2, 0.25) is 0 Å². The molecule has 0 bridgehead atoms. The van der Waals surface area contributed by atoms with Crippen molar-refractivity contribution in [2.75, 3.05) is 32.7 Å². The molecule has 2 rings (SSSR count). The molecule has 0 saturated carbocycles. The van der Waals surface area contributed by atoms with Crippen LogP contribution in [0.1, 0.15) is 11.1 Å². The van der Waals surface area contributed by atoms with E-state index in [0.29, 0.717) is 5.56 Å². The highest BCUT2D eigenvalue weighted by Gasteiger charge is 2.12. The predicted molar refractivity (Wildman–Crippen MR) is 67.5 cm³/mol. The Kier molecular flexibility index (Phi) is 3.86. The van der Waals surface area contributed by atoms with Crippen LogP contribution in [0.2, 0.25) is 0 Å². The molecule has 3 N–H and O–H groups in total. The average molecular weight is 236 g/mol. The Morgan fingerprint density at radius 3 is 2.59 bits per heavy atom. The molecule has 0 aromatic heterocycles. The summed E-state index contributed by atoms with van der Waals surface area (Å²) < 4.78 is 0. The van der Waals surface area contributed by atoms with Crippen molar-refractivity contribution in [1.82, 2.24) is 10.2 Å². The van der Waals surface area contributed by atoms with Crippen LogP contribution in [0.4, 0.5) is 0 Å². The monoisotopic (exact) mass is 236 g/mol. The first-order chi connectivity index (χ1) is 8.18. The van der Waals surface area contributed by atoms with Gasteiger partial charge in [-0.1, -0.05) is 12.1 Å². The van der Waals surface area contributed by atoms with Crippen LogP contribution >= 0.6 is 0 Å². The molecule has 0 amide bonds. The molecular formula is C13H20N2O2. The normalized spacial score (nSPS) is 17.2. The molecule has 1 aliphatic rings. The Morgan fingerprint density at radius 2 is 1.88 bits per heavy atom. The zero-order valence-corrected chi connectivity index (χ0v) is 10.2. The summed E-state index contributed by atoms with van der Waals surface area (Å²) in [6.07, 6.45) is 0.777. The van der Waals surface area contributed by atoms with Gasteiger partial charge in [0, 0.05) is 32.7 Å². The molecule has 0 atom stereocenters. The molecule has 1 heterocycles. The topological polar surface area (TPSA) is 55.7 Å². The van der Waals surface area contributed by atoms with E-state index in [0.717, 1.165) is 44.7 Å². The number of aryl methyl sites for hydroxylation is 1. The molecule has 0 spiro atoms. The van der Waals surface area contributed by atoms with E-state index in [4.69, 9.17) is 0 Å². The highest BCUT2D eigenvalue weighted by molar-refractivity contribution is 5.49. The van der Waals surface area contributed by atoms with Crippen LogP contribution in [-0.2, 0) is 6.42 Å². The molecule has 1 aromatic carbocycles. The van der Waals surface area contributed by atoms with Crippen LogP contribution in [0.25, 0.3) is 0 Å². The standard InChI is InChI=1S/C13H20N2O2/c1-10-2-3-11(13(17)12(10)16)4-7-15-8-5-14-6-9-15/h2-3,14,16-17H,4-9H2,1H3. The van der Waals surface area contributed by atoms with E-state index in [1.165, 1.54) is 0 Å². The van der Waals surface area contributed by atoms with Gasteiger partial charge in [-0.25, -0.2) is 0 Å². The molecule has 1 fully saturated rings. The third-order valence-electron chi connectivity index (χ3n) is 3.34. The minimum atomic E-state index is 0.0165. The summed E-state index contributed by atoms with van der Waals surface area (Å²) in [6, 6.07) is 3.74. The molecule has 17 heavy (non-hydrogen) atoms. The van der Waals surface area contributed by atoms with Gasteiger partial charge >= 0.3 is 0 Å². The third kappa shape index (κ3) is 2.90. The van der Waals surface area contributed by atoms with Gasteiger partial charge in [0.15, 0.2) is 11.5 Å². The Morgan fingerprint density at radius 1 is 1.18 bits per heavy atom. The zero-order valence-electron chi connectivity index (χ0n) is 10.2. The van der Waals surface area contributed by atoms with Crippen molar-refractivity contribution in [1.29, 1.82) is 0 Å². The fraction of sp³-hybridized carbons (Fsp3) is 0.538. The number of phenolic OH excluding ortho intramolecular Hbond substituents is 2. The van der Waals surface area contributed by atoms with Gasteiger partial charge in [-0.2, -0.15) is 0 Å². The molecule has 4 heteroatoms. The first kappa shape index (κ1) is 12.2. The molecule has 4 nitrogen and oxygen atoms in total. The largest absolute Gasteiger partial charge is 0.504 e. The lowest BCUT2D eigenvalue weighted by atomic mass is 10.1. The number of phenols is 2. The highest BCUT2D eigenvalue weighted by Crippen LogP contribution is 2.32. The summed E-state index contributed by atoms with van der Waals surface area (Å²) in [5, 5.41) is 22.8. The lowest BCUT2D eigenvalue weighted by molar-refractivity contribution is 0.243. The van der Waals surface area contributed by atoms with E-state index < -0.39 is 0 Å². The number of piperazine rings is 1. The van der Waals surface area contributed by atoms with Crippen LogP contribution in [0.3, 0.4) is 0 Å². The van der Waals surface area contributed by atoms with Crippen molar-refractivity contribution in [3.63, 3.8) is 0 Å². The number of aromatic hydroxyl groups is 2. The SMILES string of the molecule is Cc1ccc(CCN2CCNCC2)c(O)c1O. The number of nitrogens with zero attached hydrogens (tertiary/aromatic N) is 1. The van der Waals surface area contributed by atoms with E-state index in [2.05, 4.69) is 10.2 Å². The lowest BCUT2D eigenvalue weighted by Gasteiger charge is -2.27.